The summed E-state index contributed by atoms with van der Waals surface area (Å²) in [5, 5.41) is 21.6. The van der Waals surface area contributed by atoms with Gasteiger partial charge < -0.3 is 10.2 Å². The molecule has 1 atom stereocenters. The van der Waals surface area contributed by atoms with Crippen molar-refractivity contribution in [3.8, 4) is 0 Å². The Morgan fingerprint density at radius 2 is 0.882 bits per heavy atom. The van der Waals surface area contributed by atoms with Crippen LogP contribution in [0.25, 0.3) is 0 Å². The molecule has 0 saturated carbocycles. The normalized spacial score (nSPS) is 15.1. The standard InChI is InChI=1S/C47H85NO3/c1-3-5-7-9-11-13-15-17-19-21-23-25-27-29-31-34-40-47(51,42-36-33-39-45(46(49)50)48-43-37-38-44-48)41-35-32-30-28-26-24-22-20-18-16-14-12-10-8-6-4-2/h11-14,17-20,45,51H,3-10,15-16,21-44H2,1-2H3,(H,49,50)/b13-11-,14-12-,19-17-,20-18-. The molecule has 0 radical (unpaired) electrons. The van der Waals surface area contributed by atoms with Crippen LogP contribution in [0.4, 0.5) is 0 Å². The van der Waals surface area contributed by atoms with Crippen LogP contribution in [0.1, 0.15) is 219 Å². The Bertz CT molecular complexity index is 836. The molecule has 4 heteroatoms. The van der Waals surface area contributed by atoms with Gasteiger partial charge in [-0.15, -0.1) is 0 Å². The van der Waals surface area contributed by atoms with Crippen molar-refractivity contribution < 1.29 is 15.0 Å². The fourth-order valence-electron chi connectivity index (χ4n) is 7.57. The second-order valence-electron chi connectivity index (χ2n) is 15.7. The van der Waals surface area contributed by atoms with Crippen molar-refractivity contribution in [3.05, 3.63) is 48.6 Å². The Hall–Kier alpha value is -1.65. The molecule has 1 aliphatic rings. The first-order chi connectivity index (χ1) is 25.0. The minimum absolute atomic E-state index is 0.346. The lowest BCUT2D eigenvalue weighted by molar-refractivity contribution is -0.143. The van der Waals surface area contributed by atoms with Crippen LogP contribution in [0, 0.1) is 0 Å². The number of carbonyl (C=O) groups is 1. The molecule has 0 aromatic carbocycles. The Kier molecular flexibility index (Phi) is 32.9. The molecule has 4 nitrogen and oxygen atoms in total. The van der Waals surface area contributed by atoms with Crippen molar-refractivity contribution in [3.63, 3.8) is 0 Å². The molecule has 296 valence electrons. The average molecular weight is 712 g/mol. The molecule has 51 heavy (non-hydrogen) atoms. The van der Waals surface area contributed by atoms with Crippen molar-refractivity contribution >= 4 is 5.97 Å². The second kappa shape index (κ2) is 35.4. The van der Waals surface area contributed by atoms with Gasteiger partial charge in [0.15, 0.2) is 0 Å². The van der Waals surface area contributed by atoms with E-state index >= 15 is 0 Å². The van der Waals surface area contributed by atoms with Gasteiger partial charge in [-0.3, -0.25) is 9.69 Å². The summed E-state index contributed by atoms with van der Waals surface area (Å²) in [4.78, 5) is 14.1. The fraction of sp³-hybridized carbons (Fsp3) is 0.809. The van der Waals surface area contributed by atoms with Crippen molar-refractivity contribution in [2.75, 3.05) is 13.1 Å². The van der Waals surface area contributed by atoms with E-state index in [1.54, 1.807) is 0 Å². The third kappa shape index (κ3) is 29.5. The maximum atomic E-state index is 11.9. The first-order valence-corrected chi connectivity index (χ1v) is 22.3. The number of rotatable bonds is 37. The van der Waals surface area contributed by atoms with Crippen LogP contribution in [-0.2, 0) is 4.79 Å². The third-order valence-electron chi connectivity index (χ3n) is 10.9. The van der Waals surface area contributed by atoms with Crippen LogP contribution >= 0.6 is 0 Å². The predicted octanol–water partition coefficient (Wildman–Crippen LogP) is 14.2. The Morgan fingerprint density at radius 3 is 1.27 bits per heavy atom. The lowest BCUT2D eigenvalue weighted by atomic mass is 9.85. The van der Waals surface area contributed by atoms with Gasteiger partial charge in [0.1, 0.15) is 6.04 Å². The SMILES string of the molecule is CCCCC/C=C\C/C=C\CCCCCCCCC(O)(CCCCCCCC/C=C\C/C=C\CCCCC)CCCCC(C(=O)O)N1CCCC1. The van der Waals surface area contributed by atoms with Crippen molar-refractivity contribution in [1.29, 1.82) is 0 Å². The van der Waals surface area contributed by atoms with E-state index in [1.807, 2.05) is 0 Å². The second-order valence-corrected chi connectivity index (χ2v) is 15.7. The lowest BCUT2D eigenvalue weighted by Crippen LogP contribution is -2.39. The van der Waals surface area contributed by atoms with E-state index in [-0.39, 0.29) is 6.04 Å². The number of aliphatic carboxylic acids is 1. The highest BCUT2D eigenvalue weighted by molar-refractivity contribution is 5.73. The monoisotopic (exact) mass is 712 g/mol. The maximum Gasteiger partial charge on any atom is 0.320 e. The van der Waals surface area contributed by atoms with E-state index in [9.17, 15) is 15.0 Å². The third-order valence-corrected chi connectivity index (χ3v) is 10.9. The highest BCUT2D eigenvalue weighted by Crippen LogP contribution is 2.29. The van der Waals surface area contributed by atoms with Gasteiger partial charge in [0.05, 0.1) is 5.60 Å². The smallest absolute Gasteiger partial charge is 0.320 e. The summed E-state index contributed by atoms with van der Waals surface area (Å²) in [6.07, 6.45) is 55.8. The summed E-state index contributed by atoms with van der Waals surface area (Å²) in [6, 6.07) is -0.346. The van der Waals surface area contributed by atoms with E-state index in [2.05, 4.69) is 67.4 Å². The van der Waals surface area contributed by atoms with E-state index in [0.29, 0.717) is 6.42 Å². The molecule has 1 unspecified atom stereocenters. The molecule has 0 amide bonds. The number of allylic oxidation sites excluding steroid dienone is 8. The van der Waals surface area contributed by atoms with Crippen LogP contribution in [-0.4, -0.2) is 45.8 Å². The summed E-state index contributed by atoms with van der Waals surface area (Å²) < 4.78 is 0. The van der Waals surface area contributed by atoms with Crippen LogP contribution < -0.4 is 0 Å². The zero-order chi connectivity index (χ0) is 36.9. The number of hydrogen-bond acceptors (Lipinski definition) is 3. The van der Waals surface area contributed by atoms with Crippen molar-refractivity contribution in [1.82, 2.24) is 4.90 Å². The largest absolute Gasteiger partial charge is 0.480 e. The highest BCUT2D eigenvalue weighted by Gasteiger charge is 2.29. The molecule has 0 aliphatic carbocycles. The number of carboxylic acid groups (broad SMARTS) is 1. The molecular formula is C47H85NO3. The van der Waals surface area contributed by atoms with Gasteiger partial charge in [-0.1, -0.05) is 165 Å². The molecule has 1 saturated heterocycles. The average Bonchev–Trinajstić information content (AvgIpc) is 3.66. The van der Waals surface area contributed by atoms with E-state index < -0.39 is 11.6 Å². The van der Waals surface area contributed by atoms with Gasteiger partial charge in [-0.25, -0.2) is 0 Å². The van der Waals surface area contributed by atoms with Crippen LogP contribution in [0.3, 0.4) is 0 Å². The van der Waals surface area contributed by atoms with E-state index in [0.717, 1.165) is 83.7 Å². The molecule has 1 aliphatic heterocycles. The molecule has 0 aromatic rings. The van der Waals surface area contributed by atoms with Crippen LogP contribution in [0.5, 0.6) is 0 Å². The summed E-state index contributed by atoms with van der Waals surface area (Å²) in [5.74, 6) is -0.671. The Balaban J connectivity index is 2.29. The lowest BCUT2D eigenvalue weighted by Gasteiger charge is -2.29. The zero-order valence-corrected chi connectivity index (χ0v) is 34.0. The summed E-state index contributed by atoms with van der Waals surface area (Å²) in [5.41, 5.74) is -0.586. The number of likely N-dealkylation sites (tertiary alicyclic amines) is 1. The predicted molar refractivity (Wildman–Crippen MR) is 224 cm³/mol. The van der Waals surface area contributed by atoms with Gasteiger partial charge in [0.2, 0.25) is 0 Å². The van der Waals surface area contributed by atoms with Crippen molar-refractivity contribution in [2.24, 2.45) is 0 Å². The highest BCUT2D eigenvalue weighted by atomic mass is 16.4. The number of nitrogens with zero attached hydrogens (tertiary/aromatic N) is 1. The topological polar surface area (TPSA) is 60.8 Å². The minimum Gasteiger partial charge on any atom is -0.480 e. The Morgan fingerprint density at radius 1 is 0.529 bits per heavy atom. The molecule has 1 fully saturated rings. The molecule has 0 bridgehead atoms. The van der Waals surface area contributed by atoms with Gasteiger partial charge in [0, 0.05) is 0 Å². The fourth-order valence-corrected chi connectivity index (χ4v) is 7.57. The van der Waals surface area contributed by atoms with Crippen LogP contribution in [0.15, 0.2) is 48.6 Å². The minimum atomic E-state index is -0.671. The molecule has 1 rings (SSSR count). The molecule has 1 heterocycles. The number of hydrogen-bond donors (Lipinski definition) is 2. The van der Waals surface area contributed by atoms with Gasteiger partial charge >= 0.3 is 5.97 Å². The zero-order valence-electron chi connectivity index (χ0n) is 34.0. The quantitative estimate of drug-likeness (QED) is 0.0497. The first-order valence-electron chi connectivity index (χ1n) is 22.3. The van der Waals surface area contributed by atoms with E-state index in [1.165, 1.54) is 128 Å². The maximum absolute atomic E-state index is 11.9. The van der Waals surface area contributed by atoms with Crippen LogP contribution in [0.2, 0.25) is 0 Å². The number of aliphatic hydroxyl groups is 1. The number of unbranched alkanes of at least 4 members (excludes halogenated alkanes) is 19. The molecule has 2 N–H and O–H groups in total. The summed E-state index contributed by atoms with van der Waals surface area (Å²) >= 11 is 0. The summed E-state index contributed by atoms with van der Waals surface area (Å²) in [7, 11) is 0. The Labute approximate surface area is 317 Å². The van der Waals surface area contributed by atoms with Gasteiger partial charge in [-0.2, -0.15) is 0 Å². The summed E-state index contributed by atoms with van der Waals surface area (Å²) in [6.45, 7) is 6.35. The molecule has 0 aromatic heterocycles. The van der Waals surface area contributed by atoms with Gasteiger partial charge in [0.25, 0.3) is 0 Å². The van der Waals surface area contributed by atoms with Crippen molar-refractivity contribution in [2.45, 2.75) is 231 Å². The number of carboxylic acids is 1. The van der Waals surface area contributed by atoms with E-state index in [4.69, 9.17) is 0 Å². The first kappa shape index (κ1) is 47.4. The van der Waals surface area contributed by atoms with Gasteiger partial charge in [-0.05, 0) is 116 Å². The molecule has 0 spiro atoms. The molecular weight excluding hydrogens is 627 g/mol.